The molecule has 88 valence electrons. The first-order valence-electron chi connectivity index (χ1n) is 6.03. The first-order chi connectivity index (χ1) is 7.70. The molecule has 0 aliphatic carbocycles. The summed E-state index contributed by atoms with van der Waals surface area (Å²) in [6, 6.07) is 1.36. The Morgan fingerprint density at radius 1 is 1.38 bits per heavy atom. The Morgan fingerprint density at radius 3 is 2.81 bits per heavy atom. The lowest BCUT2D eigenvalue weighted by molar-refractivity contribution is 0.187. The third-order valence-corrected chi connectivity index (χ3v) is 3.49. The Bertz CT molecular complexity index is 335. The minimum absolute atomic E-state index is 0.491. The van der Waals surface area contributed by atoms with Crippen molar-refractivity contribution in [3.8, 4) is 0 Å². The van der Waals surface area contributed by atoms with Crippen LogP contribution >= 0.6 is 0 Å². The molecule has 1 fully saturated rings. The van der Waals surface area contributed by atoms with Crippen molar-refractivity contribution in [1.82, 2.24) is 14.9 Å². The van der Waals surface area contributed by atoms with Crippen molar-refractivity contribution in [2.24, 2.45) is 0 Å². The van der Waals surface area contributed by atoms with Gasteiger partial charge in [-0.05, 0) is 26.2 Å². The zero-order valence-electron chi connectivity index (χ0n) is 10.1. The molecule has 4 nitrogen and oxygen atoms in total. The van der Waals surface area contributed by atoms with Crippen molar-refractivity contribution in [1.29, 1.82) is 0 Å². The SMILES string of the molecule is CCC1CCC(C)N1Cc1cnc(N)cn1. The first-order valence-corrected chi connectivity index (χ1v) is 6.03. The molecule has 0 amide bonds. The highest BCUT2D eigenvalue weighted by Crippen LogP contribution is 2.27. The zero-order valence-corrected chi connectivity index (χ0v) is 10.1. The summed E-state index contributed by atoms with van der Waals surface area (Å²) < 4.78 is 0. The topological polar surface area (TPSA) is 55.0 Å². The molecule has 2 N–H and O–H groups in total. The highest BCUT2D eigenvalue weighted by atomic mass is 15.2. The molecule has 2 unspecified atom stereocenters. The van der Waals surface area contributed by atoms with Crippen LogP contribution in [-0.2, 0) is 6.54 Å². The average Bonchev–Trinajstić information content (AvgIpc) is 2.63. The number of hydrogen-bond donors (Lipinski definition) is 1. The first kappa shape index (κ1) is 11.3. The molecule has 1 aromatic heterocycles. The second-order valence-corrected chi connectivity index (χ2v) is 4.59. The Balaban J connectivity index is 2.05. The van der Waals surface area contributed by atoms with Crippen LogP contribution in [0.4, 0.5) is 5.82 Å². The molecule has 0 radical (unpaired) electrons. The van der Waals surface area contributed by atoms with Gasteiger partial charge in [-0.3, -0.25) is 9.88 Å². The normalized spacial score (nSPS) is 26.1. The van der Waals surface area contributed by atoms with Crippen molar-refractivity contribution in [2.45, 2.75) is 51.7 Å². The van der Waals surface area contributed by atoms with Gasteiger partial charge in [0.25, 0.3) is 0 Å². The fourth-order valence-corrected chi connectivity index (χ4v) is 2.48. The molecule has 16 heavy (non-hydrogen) atoms. The van der Waals surface area contributed by atoms with E-state index in [9.17, 15) is 0 Å². The third kappa shape index (κ3) is 2.32. The predicted octanol–water partition coefficient (Wildman–Crippen LogP) is 1.82. The van der Waals surface area contributed by atoms with Gasteiger partial charge < -0.3 is 5.73 Å². The average molecular weight is 220 g/mol. The molecule has 1 aliphatic heterocycles. The maximum absolute atomic E-state index is 5.53. The van der Waals surface area contributed by atoms with E-state index in [4.69, 9.17) is 5.73 Å². The lowest BCUT2D eigenvalue weighted by Crippen LogP contribution is -2.33. The van der Waals surface area contributed by atoms with Crippen molar-refractivity contribution in [2.75, 3.05) is 5.73 Å². The highest BCUT2D eigenvalue weighted by molar-refractivity contribution is 5.22. The summed E-state index contributed by atoms with van der Waals surface area (Å²) >= 11 is 0. The van der Waals surface area contributed by atoms with Crippen LogP contribution in [0.3, 0.4) is 0 Å². The van der Waals surface area contributed by atoms with E-state index in [0.717, 1.165) is 12.2 Å². The molecule has 1 saturated heterocycles. The number of nitrogens with two attached hydrogens (primary N) is 1. The van der Waals surface area contributed by atoms with Gasteiger partial charge in [0.2, 0.25) is 0 Å². The molecule has 0 bridgehead atoms. The molecular formula is C12H20N4. The van der Waals surface area contributed by atoms with Crippen molar-refractivity contribution in [3.05, 3.63) is 18.1 Å². The van der Waals surface area contributed by atoms with E-state index < -0.39 is 0 Å². The van der Waals surface area contributed by atoms with E-state index in [-0.39, 0.29) is 0 Å². The smallest absolute Gasteiger partial charge is 0.141 e. The number of anilines is 1. The van der Waals surface area contributed by atoms with E-state index in [2.05, 4.69) is 28.7 Å². The van der Waals surface area contributed by atoms with Crippen LogP contribution in [0.25, 0.3) is 0 Å². The predicted molar refractivity (Wildman–Crippen MR) is 64.8 cm³/mol. The quantitative estimate of drug-likeness (QED) is 0.844. The van der Waals surface area contributed by atoms with Gasteiger partial charge in [0.05, 0.1) is 18.1 Å². The number of aromatic nitrogens is 2. The number of rotatable bonds is 3. The number of nitrogens with zero attached hydrogens (tertiary/aromatic N) is 3. The zero-order chi connectivity index (χ0) is 11.5. The van der Waals surface area contributed by atoms with Crippen LogP contribution < -0.4 is 5.73 Å². The van der Waals surface area contributed by atoms with Gasteiger partial charge >= 0.3 is 0 Å². The summed E-state index contributed by atoms with van der Waals surface area (Å²) in [5.74, 6) is 0.491. The minimum atomic E-state index is 0.491. The van der Waals surface area contributed by atoms with E-state index in [0.29, 0.717) is 17.9 Å². The fourth-order valence-electron chi connectivity index (χ4n) is 2.48. The molecule has 2 heterocycles. The van der Waals surface area contributed by atoms with Gasteiger partial charge in [0.1, 0.15) is 5.82 Å². The summed E-state index contributed by atoms with van der Waals surface area (Å²) in [6.45, 7) is 5.44. The monoisotopic (exact) mass is 220 g/mol. The van der Waals surface area contributed by atoms with Gasteiger partial charge in [-0.25, -0.2) is 4.98 Å². The Morgan fingerprint density at radius 2 is 2.19 bits per heavy atom. The standard InChI is InChI=1S/C12H20N4/c1-3-11-5-4-9(2)16(11)8-10-6-15-12(13)7-14-10/h6-7,9,11H,3-5,8H2,1-2H3,(H2,13,15). The maximum Gasteiger partial charge on any atom is 0.141 e. The van der Waals surface area contributed by atoms with Gasteiger partial charge in [-0.1, -0.05) is 6.92 Å². The lowest BCUT2D eigenvalue weighted by atomic mass is 10.1. The summed E-state index contributed by atoms with van der Waals surface area (Å²) in [5, 5.41) is 0. The van der Waals surface area contributed by atoms with Crippen LogP contribution in [0.1, 0.15) is 38.8 Å². The second-order valence-electron chi connectivity index (χ2n) is 4.59. The van der Waals surface area contributed by atoms with Crippen LogP contribution in [0.2, 0.25) is 0 Å². The van der Waals surface area contributed by atoms with Crippen LogP contribution in [0.15, 0.2) is 12.4 Å². The Hall–Kier alpha value is -1.16. The Kier molecular flexibility index (Phi) is 3.39. The summed E-state index contributed by atoms with van der Waals surface area (Å²) in [6.07, 6.45) is 7.23. The molecule has 0 saturated carbocycles. The van der Waals surface area contributed by atoms with E-state index in [1.54, 1.807) is 12.4 Å². The third-order valence-electron chi connectivity index (χ3n) is 3.49. The fraction of sp³-hybridized carbons (Fsp3) is 0.667. The summed E-state index contributed by atoms with van der Waals surface area (Å²) in [4.78, 5) is 10.9. The Labute approximate surface area is 96.9 Å². The highest BCUT2D eigenvalue weighted by Gasteiger charge is 2.29. The van der Waals surface area contributed by atoms with E-state index in [1.807, 2.05) is 0 Å². The maximum atomic E-state index is 5.53. The molecule has 1 aromatic rings. The van der Waals surface area contributed by atoms with Crippen LogP contribution in [0, 0.1) is 0 Å². The molecule has 2 atom stereocenters. The molecule has 0 spiro atoms. The number of hydrogen-bond acceptors (Lipinski definition) is 4. The second kappa shape index (κ2) is 4.78. The number of nitrogen functional groups attached to an aromatic ring is 1. The minimum Gasteiger partial charge on any atom is -0.382 e. The molecule has 0 aromatic carbocycles. The summed E-state index contributed by atoms with van der Waals surface area (Å²) in [5.41, 5.74) is 6.54. The van der Waals surface area contributed by atoms with E-state index in [1.165, 1.54) is 19.3 Å². The van der Waals surface area contributed by atoms with Crippen LogP contribution in [0.5, 0.6) is 0 Å². The van der Waals surface area contributed by atoms with Crippen LogP contribution in [-0.4, -0.2) is 27.0 Å². The molecule has 2 rings (SSSR count). The van der Waals surface area contributed by atoms with Crippen molar-refractivity contribution < 1.29 is 0 Å². The van der Waals surface area contributed by atoms with Gasteiger partial charge in [0, 0.05) is 18.6 Å². The largest absolute Gasteiger partial charge is 0.382 e. The molecular weight excluding hydrogens is 200 g/mol. The number of likely N-dealkylation sites (tertiary alicyclic amines) is 1. The van der Waals surface area contributed by atoms with Gasteiger partial charge in [-0.15, -0.1) is 0 Å². The van der Waals surface area contributed by atoms with Gasteiger partial charge in [-0.2, -0.15) is 0 Å². The van der Waals surface area contributed by atoms with E-state index >= 15 is 0 Å². The summed E-state index contributed by atoms with van der Waals surface area (Å²) in [7, 11) is 0. The van der Waals surface area contributed by atoms with Crippen molar-refractivity contribution in [3.63, 3.8) is 0 Å². The lowest BCUT2D eigenvalue weighted by Gasteiger charge is -2.27. The van der Waals surface area contributed by atoms with Crippen molar-refractivity contribution >= 4 is 5.82 Å². The molecule has 1 aliphatic rings. The van der Waals surface area contributed by atoms with Gasteiger partial charge in [0.15, 0.2) is 0 Å². The molecule has 4 heteroatoms.